The van der Waals surface area contributed by atoms with Crippen LogP contribution in [0.2, 0.25) is 10.0 Å². The zero-order chi connectivity index (χ0) is 23.3. The van der Waals surface area contributed by atoms with Crippen molar-refractivity contribution in [3.8, 4) is 0 Å². The Hall–Kier alpha value is -3.07. The molecule has 0 aliphatic carbocycles. The molecule has 32 heavy (non-hydrogen) atoms. The zero-order valence-corrected chi connectivity index (χ0v) is 19.1. The van der Waals surface area contributed by atoms with Crippen molar-refractivity contribution in [3.63, 3.8) is 0 Å². The van der Waals surface area contributed by atoms with E-state index in [2.05, 4.69) is 10.0 Å². The number of hydrogen-bond donors (Lipinski definition) is 2. The second-order valence-electron chi connectivity index (χ2n) is 6.48. The fourth-order valence-electron chi connectivity index (χ4n) is 2.71. The average molecular weight is 493 g/mol. The number of hydrogen-bond acceptors (Lipinski definition) is 5. The molecule has 0 spiro atoms. The molecule has 0 aromatic heterocycles. The van der Waals surface area contributed by atoms with E-state index >= 15 is 0 Å². The third kappa shape index (κ3) is 5.59. The molecule has 3 aromatic carbocycles. The predicted octanol–water partition coefficient (Wildman–Crippen LogP) is 5.22. The van der Waals surface area contributed by atoms with Gasteiger partial charge in [0.05, 0.1) is 32.8 Å². The highest BCUT2D eigenvalue weighted by atomic mass is 35.5. The van der Waals surface area contributed by atoms with Gasteiger partial charge in [0.25, 0.3) is 15.9 Å². The van der Waals surface area contributed by atoms with E-state index in [0.717, 1.165) is 0 Å². The monoisotopic (exact) mass is 492 g/mol. The predicted molar refractivity (Wildman–Crippen MR) is 124 cm³/mol. The second kappa shape index (κ2) is 10.0. The summed E-state index contributed by atoms with van der Waals surface area (Å²) in [6.45, 7) is 1.86. The minimum absolute atomic E-state index is 0.0421. The molecule has 0 fully saturated rings. The lowest BCUT2D eigenvalue weighted by molar-refractivity contribution is 0.0526. The Labute approximate surface area is 195 Å². The average Bonchev–Trinajstić information content (AvgIpc) is 2.77. The molecule has 7 nitrogen and oxygen atoms in total. The second-order valence-corrected chi connectivity index (χ2v) is 8.98. The molecule has 0 radical (unpaired) electrons. The molecule has 2 N–H and O–H groups in total. The molecule has 0 heterocycles. The van der Waals surface area contributed by atoms with Crippen LogP contribution in [0.5, 0.6) is 0 Å². The van der Waals surface area contributed by atoms with Gasteiger partial charge in [0.15, 0.2) is 0 Å². The van der Waals surface area contributed by atoms with Gasteiger partial charge in [-0.1, -0.05) is 41.4 Å². The van der Waals surface area contributed by atoms with Crippen molar-refractivity contribution in [1.82, 2.24) is 0 Å². The van der Waals surface area contributed by atoms with Gasteiger partial charge in [0, 0.05) is 11.3 Å². The number of amides is 1. The summed E-state index contributed by atoms with van der Waals surface area (Å²) in [5.74, 6) is -1.12. The topological polar surface area (TPSA) is 102 Å². The number of ether oxygens (including phenoxy) is 1. The molecule has 0 saturated heterocycles. The Balaban J connectivity index is 1.77. The first-order chi connectivity index (χ1) is 15.2. The third-order valence-corrected chi connectivity index (χ3v) is 6.27. The van der Waals surface area contributed by atoms with E-state index in [1.165, 1.54) is 48.5 Å². The summed E-state index contributed by atoms with van der Waals surface area (Å²) in [6.07, 6.45) is 0. The van der Waals surface area contributed by atoms with E-state index in [1.54, 1.807) is 25.1 Å². The number of rotatable bonds is 7. The summed E-state index contributed by atoms with van der Waals surface area (Å²) in [6, 6.07) is 16.4. The summed E-state index contributed by atoms with van der Waals surface area (Å²) in [5, 5.41) is 2.88. The molecule has 3 rings (SSSR count). The van der Waals surface area contributed by atoms with E-state index in [-0.39, 0.29) is 38.4 Å². The quantitative estimate of drug-likeness (QED) is 0.440. The van der Waals surface area contributed by atoms with Crippen LogP contribution in [0.25, 0.3) is 0 Å². The van der Waals surface area contributed by atoms with E-state index in [9.17, 15) is 18.0 Å². The van der Waals surface area contributed by atoms with Crippen molar-refractivity contribution in [1.29, 1.82) is 0 Å². The van der Waals surface area contributed by atoms with Gasteiger partial charge in [-0.05, 0) is 55.5 Å². The molecule has 0 saturated carbocycles. The van der Waals surface area contributed by atoms with Crippen LogP contribution in [0.4, 0.5) is 11.4 Å². The Morgan fingerprint density at radius 1 is 0.938 bits per heavy atom. The third-order valence-electron chi connectivity index (χ3n) is 4.25. The van der Waals surface area contributed by atoms with Gasteiger partial charge in [-0.2, -0.15) is 0 Å². The lowest BCUT2D eigenvalue weighted by atomic mass is 10.1. The normalized spacial score (nSPS) is 11.0. The standard InChI is InChI=1S/C22H18Cl2N2O5S/c1-2-31-22(28)17-13-15(9-10-18(17)23)25-21(27)14-8-11-20(19(24)12-14)26-32(29,30)16-6-4-3-5-7-16/h3-13,26H,2H2,1H3,(H,25,27). The van der Waals surface area contributed by atoms with E-state index in [1.807, 2.05) is 0 Å². The number of carbonyl (C=O) groups excluding carboxylic acids is 2. The molecule has 3 aromatic rings. The number of halogens is 2. The molecule has 0 unspecified atom stereocenters. The van der Waals surface area contributed by atoms with Crippen molar-refractivity contribution in [3.05, 3.63) is 87.9 Å². The summed E-state index contributed by atoms with van der Waals surface area (Å²) >= 11 is 12.2. The number of sulfonamides is 1. The van der Waals surface area contributed by atoms with Gasteiger partial charge in [0.2, 0.25) is 0 Å². The Kier molecular flexibility index (Phi) is 7.40. The largest absolute Gasteiger partial charge is 0.462 e. The van der Waals surface area contributed by atoms with Gasteiger partial charge in [0.1, 0.15) is 0 Å². The molecule has 0 bridgehead atoms. The highest BCUT2D eigenvalue weighted by molar-refractivity contribution is 7.92. The van der Waals surface area contributed by atoms with Crippen LogP contribution in [-0.4, -0.2) is 26.9 Å². The number of anilines is 2. The molecule has 1 amide bonds. The molecule has 0 atom stereocenters. The van der Waals surface area contributed by atoms with E-state index in [4.69, 9.17) is 27.9 Å². The highest BCUT2D eigenvalue weighted by Crippen LogP contribution is 2.27. The molecular formula is C22H18Cl2N2O5S. The molecule has 0 aliphatic rings. The first-order valence-corrected chi connectivity index (χ1v) is 11.6. The summed E-state index contributed by atoms with van der Waals surface area (Å²) in [7, 11) is -3.83. The van der Waals surface area contributed by atoms with Crippen LogP contribution in [0, 0.1) is 0 Å². The Morgan fingerprint density at radius 3 is 2.31 bits per heavy atom. The Bertz CT molecular complexity index is 1260. The van der Waals surface area contributed by atoms with Crippen LogP contribution in [0.3, 0.4) is 0 Å². The van der Waals surface area contributed by atoms with Gasteiger partial charge in [-0.15, -0.1) is 0 Å². The maximum absolute atomic E-state index is 12.6. The number of nitrogens with one attached hydrogen (secondary N) is 2. The van der Waals surface area contributed by atoms with Crippen LogP contribution in [0.1, 0.15) is 27.6 Å². The van der Waals surface area contributed by atoms with Crippen molar-refractivity contribution < 1.29 is 22.7 Å². The number of carbonyl (C=O) groups is 2. The smallest absolute Gasteiger partial charge is 0.339 e. The molecule has 166 valence electrons. The zero-order valence-electron chi connectivity index (χ0n) is 16.8. The maximum atomic E-state index is 12.6. The van der Waals surface area contributed by atoms with Gasteiger partial charge in [-0.3, -0.25) is 9.52 Å². The fraction of sp³-hybridized carbons (Fsp3) is 0.0909. The summed E-state index contributed by atoms with van der Waals surface area (Å²) in [4.78, 5) is 24.7. The minimum atomic E-state index is -3.83. The fourth-order valence-corrected chi connectivity index (χ4v) is 4.29. The van der Waals surface area contributed by atoms with Crippen LogP contribution < -0.4 is 10.0 Å². The number of benzene rings is 3. The Morgan fingerprint density at radius 2 is 1.66 bits per heavy atom. The van der Waals surface area contributed by atoms with Crippen LogP contribution >= 0.6 is 23.2 Å². The summed E-state index contributed by atoms with van der Waals surface area (Å²) in [5.41, 5.74) is 0.760. The first-order valence-electron chi connectivity index (χ1n) is 9.36. The number of esters is 1. The van der Waals surface area contributed by atoms with Crippen LogP contribution in [0.15, 0.2) is 71.6 Å². The maximum Gasteiger partial charge on any atom is 0.339 e. The van der Waals surface area contributed by atoms with E-state index in [0.29, 0.717) is 5.69 Å². The lowest BCUT2D eigenvalue weighted by Crippen LogP contribution is -2.15. The van der Waals surface area contributed by atoms with E-state index < -0.39 is 21.9 Å². The minimum Gasteiger partial charge on any atom is -0.462 e. The van der Waals surface area contributed by atoms with Crippen molar-refractivity contribution >= 4 is 56.5 Å². The highest BCUT2D eigenvalue weighted by Gasteiger charge is 2.17. The first kappa shape index (κ1) is 23.6. The van der Waals surface area contributed by atoms with Crippen LogP contribution in [-0.2, 0) is 14.8 Å². The van der Waals surface area contributed by atoms with Crippen molar-refractivity contribution in [2.24, 2.45) is 0 Å². The lowest BCUT2D eigenvalue weighted by Gasteiger charge is -2.12. The van der Waals surface area contributed by atoms with Crippen molar-refractivity contribution in [2.75, 3.05) is 16.6 Å². The van der Waals surface area contributed by atoms with Gasteiger partial charge < -0.3 is 10.1 Å². The molecule has 10 heteroatoms. The van der Waals surface area contributed by atoms with Gasteiger partial charge >= 0.3 is 5.97 Å². The van der Waals surface area contributed by atoms with Crippen molar-refractivity contribution in [2.45, 2.75) is 11.8 Å². The van der Waals surface area contributed by atoms with Gasteiger partial charge in [-0.25, -0.2) is 13.2 Å². The molecular weight excluding hydrogens is 475 g/mol. The summed E-state index contributed by atoms with van der Waals surface area (Å²) < 4.78 is 32.3. The SMILES string of the molecule is CCOC(=O)c1cc(NC(=O)c2ccc(NS(=O)(=O)c3ccccc3)c(Cl)c2)ccc1Cl. The molecule has 0 aliphatic heterocycles.